The van der Waals surface area contributed by atoms with E-state index in [1.165, 1.54) is 12.1 Å². The van der Waals surface area contributed by atoms with E-state index in [1.54, 1.807) is 12.1 Å². The van der Waals surface area contributed by atoms with E-state index < -0.39 is 0 Å². The van der Waals surface area contributed by atoms with Gasteiger partial charge < -0.3 is 5.32 Å². The SMILES string of the molecule is CC(c1ccccc1)N(C)CC(=O)Nc1ccc(F)cc1. The Bertz CT molecular complexity index is 583. The van der Waals surface area contributed by atoms with Gasteiger partial charge >= 0.3 is 0 Å². The van der Waals surface area contributed by atoms with E-state index in [-0.39, 0.29) is 24.3 Å². The van der Waals surface area contributed by atoms with Crippen LogP contribution in [0.25, 0.3) is 0 Å². The van der Waals surface area contributed by atoms with E-state index in [2.05, 4.69) is 12.2 Å². The van der Waals surface area contributed by atoms with Crippen molar-refractivity contribution in [2.24, 2.45) is 0 Å². The summed E-state index contributed by atoms with van der Waals surface area (Å²) in [5.74, 6) is -0.435. The predicted molar refractivity (Wildman–Crippen MR) is 82.5 cm³/mol. The van der Waals surface area contributed by atoms with Crippen molar-refractivity contribution in [3.63, 3.8) is 0 Å². The minimum Gasteiger partial charge on any atom is -0.325 e. The normalized spacial score (nSPS) is 12.2. The van der Waals surface area contributed by atoms with E-state index in [1.807, 2.05) is 42.3 Å². The van der Waals surface area contributed by atoms with Gasteiger partial charge in [0.15, 0.2) is 0 Å². The maximum Gasteiger partial charge on any atom is 0.238 e. The van der Waals surface area contributed by atoms with Gasteiger partial charge in [-0.1, -0.05) is 30.3 Å². The standard InChI is InChI=1S/C17H19FN2O/c1-13(14-6-4-3-5-7-14)20(2)12-17(21)19-16-10-8-15(18)9-11-16/h3-11,13H,12H2,1-2H3,(H,19,21). The predicted octanol–water partition coefficient (Wildman–Crippen LogP) is 3.46. The molecule has 1 atom stereocenters. The Morgan fingerprint density at radius 2 is 1.76 bits per heavy atom. The Hall–Kier alpha value is -2.20. The van der Waals surface area contributed by atoms with Crippen molar-refractivity contribution in [2.45, 2.75) is 13.0 Å². The second kappa shape index (κ2) is 6.99. The summed E-state index contributed by atoms with van der Waals surface area (Å²) in [5.41, 5.74) is 1.76. The summed E-state index contributed by atoms with van der Waals surface area (Å²) >= 11 is 0. The van der Waals surface area contributed by atoms with Crippen molar-refractivity contribution in [3.05, 3.63) is 66.0 Å². The van der Waals surface area contributed by atoms with Crippen LogP contribution in [0.4, 0.5) is 10.1 Å². The molecule has 0 aromatic heterocycles. The minimum atomic E-state index is -0.317. The number of carbonyl (C=O) groups is 1. The van der Waals surface area contributed by atoms with Crippen molar-refractivity contribution < 1.29 is 9.18 Å². The molecule has 110 valence electrons. The second-order valence-electron chi connectivity index (χ2n) is 5.06. The van der Waals surface area contributed by atoms with Gasteiger partial charge in [0, 0.05) is 11.7 Å². The van der Waals surface area contributed by atoms with Gasteiger partial charge in [0.05, 0.1) is 6.54 Å². The number of hydrogen-bond donors (Lipinski definition) is 1. The number of nitrogens with one attached hydrogen (secondary N) is 1. The Morgan fingerprint density at radius 1 is 1.14 bits per heavy atom. The smallest absolute Gasteiger partial charge is 0.238 e. The largest absolute Gasteiger partial charge is 0.325 e. The molecule has 0 bridgehead atoms. The zero-order valence-electron chi connectivity index (χ0n) is 12.2. The fourth-order valence-corrected chi connectivity index (χ4v) is 2.08. The first kappa shape index (κ1) is 15.2. The highest BCUT2D eigenvalue weighted by Gasteiger charge is 2.14. The van der Waals surface area contributed by atoms with Crippen LogP contribution in [0.3, 0.4) is 0 Å². The average Bonchev–Trinajstić information content (AvgIpc) is 2.49. The zero-order chi connectivity index (χ0) is 15.2. The quantitative estimate of drug-likeness (QED) is 0.913. The second-order valence-corrected chi connectivity index (χ2v) is 5.06. The van der Waals surface area contributed by atoms with Crippen molar-refractivity contribution in [3.8, 4) is 0 Å². The molecule has 0 spiro atoms. The highest BCUT2D eigenvalue weighted by atomic mass is 19.1. The van der Waals surface area contributed by atoms with Crippen LogP contribution in [0, 0.1) is 5.82 Å². The first-order valence-corrected chi connectivity index (χ1v) is 6.87. The summed E-state index contributed by atoms with van der Waals surface area (Å²) in [7, 11) is 1.90. The van der Waals surface area contributed by atoms with Crippen LogP contribution in [0.15, 0.2) is 54.6 Å². The molecule has 0 heterocycles. The lowest BCUT2D eigenvalue weighted by molar-refractivity contribution is -0.117. The monoisotopic (exact) mass is 286 g/mol. The molecule has 0 saturated heterocycles. The molecule has 1 unspecified atom stereocenters. The number of carbonyl (C=O) groups excluding carboxylic acids is 1. The molecule has 21 heavy (non-hydrogen) atoms. The number of hydrogen-bond acceptors (Lipinski definition) is 2. The fraction of sp³-hybridized carbons (Fsp3) is 0.235. The summed E-state index contributed by atoms with van der Waals surface area (Å²) in [5, 5.41) is 2.76. The number of likely N-dealkylation sites (N-methyl/N-ethyl adjacent to an activating group) is 1. The van der Waals surface area contributed by atoms with Gasteiger partial charge in [-0.25, -0.2) is 4.39 Å². The first-order valence-electron chi connectivity index (χ1n) is 6.87. The minimum absolute atomic E-state index is 0.119. The molecule has 0 aliphatic carbocycles. The molecule has 2 aromatic rings. The van der Waals surface area contributed by atoms with Crippen molar-refractivity contribution >= 4 is 11.6 Å². The molecule has 0 aliphatic rings. The number of benzene rings is 2. The van der Waals surface area contributed by atoms with E-state index in [0.29, 0.717) is 5.69 Å². The number of amides is 1. The van der Waals surface area contributed by atoms with E-state index in [9.17, 15) is 9.18 Å². The number of nitrogens with zero attached hydrogens (tertiary/aromatic N) is 1. The molecule has 3 nitrogen and oxygen atoms in total. The Balaban J connectivity index is 1.91. The van der Waals surface area contributed by atoms with Crippen LogP contribution in [-0.2, 0) is 4.79 Å². The van der Waals surface area contributed by atoms with E-state index in [0.717, 1.165) is 5.56 Å². The fourth-order valence-electron chi connectivity index (χ4n) is 2.08. The van der Waals surface area contributed by atoms with Crippen LogP contribution >= 0.6 is 0 Å². The van der Waals surface area contributed by atoms with Crippen LogP contribution in [0.5, 0.6) is 0 Å². The highest BCUT2D eigenvalue weighted by Crippen LogP contribution is 2.18. The number of halogens is 1. The first-order chi connectivity index (χ1) is 10.1. The average molecular weight is 286 g/mol. The maximum absolute atomic E-state index is 12.8. The van der Waals surface area contributed by atoms with Gasteiger partial charge in [-0.15, -0.1) is 0 Å². The molecule has 0 saturated carbocycles. The van der Waals surface area contributed by atoms with E-state index in [4.69, 9.17) is 0 Å². The Morgan fingerprint density at radius 3 is 2.38 bits per heavy atom. The lowest BCUT2D eigenvalue weighted by Crippen LogP contribution is -2.32. The summed E-state index contributed by atoms with van der Waals surface area (Å²) in [6, 6.07) is 15.9. The van der Waals surface area contributed by atoms with Gasteiger partial charge in [-0.05, 0) is 43.8 Å². The van der Waals surface area contributed by atoms with Crippen LogP contribution in [0.2, 0.25) is 0 Å². The molecule has 2 rings (SSSR count). The summed E-state index contributed by atoms with van der Waals surface area (Å²) in [4.78, 5) is 14.0. The van der Waals surface area contributed by atoms with E-state index >= 15 is 0 Å². The van der Waals surface area contributed by atoms with Gasteiger partial charge in [-0.2, -0.15) is 0 Å². The number of rotatable bonds is 5. The Kier molecular flexibility index (Phi) is 5.06. The zero-order valence-corrected chi connectivity index (χ0v) is 12.2. The van der Waals surface area contributed by atoms with Crippen LogP contribution in [0.1, 0.15) is 18.5 Å². The molecule has 0 aliphatic heterocycles. The van der Waals surface area contributed by atoms with Crippen molar-refractivity contribution in [1.29, 1.82) is 0 Å². The summed E-state index contributed by atoms with van der Waals surface area (Å²) < 4.78 is 12.8. The molecule has 0 fully saturated rings. The van der Waals surface area contributed by atoms with Crippen LogP contribution < -0.4 is 5.32 Å². The maximum atomic E-state index is 12.8. The topological polar surface area (TPSA) is 32.3 Å². The molecular formula is C17H19FN2O. The molecule has 4 heteroatoms. The molecule has 1 N–H and O–H groups in total. The third-order valence-electron chi connectivity index (χ3n) is 3.46. The van der Waals surface area contributed by atoms with Gasteiger partial charge in [0.1, 0.15) is 5.82 Å². The van der Waals surface area contributed by atoms with Gasteiger partial charge in [-0.3, -0.25) is 9.69 Å². The van der Waals surface area contributed by atoms with Crippen molar-refractivity contribution in [1.82, 2.24) is 4.90 Å². The van der Waals surface area contributed by atoms with Crippen LogP contribution in [-0.4, -0.2) is 24.4 Å². The van der Waals surface area contributed by atoms with Crippen molar-refractivity contribution in [2.75, 3.05) is 18.9 Å². The highest BCUT2D eigenvalue weighted by molar-refractivity contribution is 5.92. The van der Waals surface area contributed by atoms with Gasteiger partial charge in [0.25, 0.3) is 0 Å². The summed E-state index contributed by atoms with van der Waals surface area (Å²) in [6.45, 7) is 2.33. The van der Waals surface area contributed by atoms with Gasteiger partial charge in [0.2, 0.25) is 5.91 Å². The molecular weight excluding hydrogens is 267 g/mol. The lowest BCUT2D eigenvalue weighted by atomic mass is 10.1. The summed E-state index contributed by atoms with van der Waals surface area (Å²) in [6.07, 6.45) is 0. The third kappa shape index (κ3) is 4.39. The molecule has 0 radical (unpaired) electrons. The molecule has 1 amide bonds. The molecule has 2 aromatic carbocycles. The lowest BCUT2D eigenvalue weighted by Gasteiger charge is -2.24. The third-order valence-corrected chi connectivity index (χ3v) is 3.46. The Labute approximate surface area is 124 Å². The number of anilines is 1.